The Kier molecular flexibility index (Phi) is 2.57. The molecule has 1 rings (SSSR count). The number of furan rings is 1. The Balaban J connectivity index is 2.91. The quantitative estimate of drug-likeness (QED) is 0.573. The molecule has 0 aromatic carbocycles. The van der Waals surface area contributed by atoms with E-state index in [1.807, 2.05) is 0 Å². The summed E-state index contributed by atoms with van der Waals surface area (Å²) in [5.74, 6) is -2.97. The number of aliphatic carboxylic acids is 2. The van der Waals surface area contributed by atoms with Gasteiger partial charge in [0, 0.05) is 6.42 Å². The first-order chi connectivity index (χ1) is 6.47. The SMILES string of the molecule is NC(Cc1ccco1)(C(=O)O)C(=O)O. The van der Waals surface area contributed by atoms with Crippen LogP contribution in [0.5, 0.6) is 0 Å². The average molecular weight is 199 g/mol. The van der Waals surface area contributed by atoms with Gasteiger partial charge in [-0.05, 0) is 12.1 Å². The van der Waals surface area contributed by atoms with E-state index in [1.54, 1.807) is 0 Å². The van der Waals surface area contributed by atoms with E-state index in [0.717, 1.165) is 0 Å². The average Bonchev–Trinajstić information content (AvgIpc) is 2.55. The lowest BCUT2D eigenvalue weighted by Crippen LogP contribution is -2.56. The lowest BCUT2D eigenvalue weighted by atomic mass is 9.95. The predicted octanol–water partition coefficient (Wildman–Crippen LogP) is -0.311. The summed E-state index contributed by atoms with van der Waals surface area (Å²) in [5.41, 5.74) is 2.88. The van der Waals surface area contributed by atoms with Crippen LogP contribution >= 0.6 is 0 Å². The van der Waals surface area contributed by atoms with Crippen molar-refractivity contribution in [2.75, 3.05) is 0 Å². The Bertz CT molecular complexity index is 329. The molecule has 1 aromatic rings. The predicted molar refractivity (Wildman–Crippen MR) is 44.6 cm³/mol. The minimum Gasteiger partial charge on any atom is -0.479 e. The molecule has 0 saturated heterocycles. The van der Waals surface area contributed by atoms with Crippen molar-refractivity contribution in [2.24, 2.45) is 5.73 Å². The third kappa shape index (κ3) is 1.74. The first-order valence-corrected chi connectivity index (χ1v) is 3.75. The number of rotatable bonds is 4. The molecular weight excluding hydrogens is 190 g/mol. The lowest BCUT2D eigenvalue weighted by molar-refractivity contribution is -0.156. The number of carbonyl (C=O) groups is 2. The first-order valence-electron chi connectivity index (χ1n) is 3.75. The van der Waals surface area contributed by atoms with E-state index >= 15 is 0 Å². The van der Waals surface area contributed by atoms with Crippen molar-refractivity contribution in [3.05, 3.63) is 24.2 Å². The van der Waals surface area contributed by atoms with Gasteiger partial charge >= 0.3 is 11.9 Å². The fourth-order valence-corrected chi connectivity index (χ4v) is 0.931. The van der Waals surface area contributed by atoms with E-state index in [1.165, 1.54) is 18.4 Å². The van der Waals surface area contributed by atoms with Crippen LogP contribution in [0.1, 0.15) is 5.76 Å². The van der Waals surface area contributed by atoms with E-state index in [-0.39, 0.29) is 12.2 Å². The molecule has 0 aliphatic heterocycles. The molecule has 0 saturated carbocycles. The fourth-order valence-electron chi connectivity index (χ4n) is 0.931. The highest BCUT2D eigenvalue weighted by atomic mass is 16.4. The molecule has 4 N–H and O–H groups in total. The maximum atomic E-state index is 10.6. The normalized spacial score (nSPS) is 11.2. The van der Waals surface area contributed by atoms with E-state index in [2.05, 4.69) is 0 Å². The van der Waals surface area contributed by atoms with Crippen molar-refractivity contribution in [2.45, 2.75) is 12.0 Å². The maximum Gasteiger partial charge on any atom is 0.335 e. The zero-order valence-electron chi connectivity index (χ0n) is 7.14. The summed E-state index contributed by atoms with van der Waals surface area (Å²) in [6.07, 6.45) is 0.935. The summed E-state index contributed by atoms with van der Waals surface area (Å²) in [6.45, 7) is 0. The van der Waals surface area contributed by atoms with Gasteiger partial charge in [0.15, 0.2) is 0 Å². The molecule has 0 bridgehead atoms. The molecule has 14 heavy (non-hydrogen) atoms. The number of hydrogen-bond donors (Lipinski definition) is 3. The van der Waals surface area contributed by atoms with Crippen molar-refractivity contribution in [1.29, 1.82) is 0 Å². The van der Waals surface area contributed by atoms with E-state index < -0.39 is 17.5 Å². The van der Waals surface area contributed by atoms with Crippen molar-refractivity contribution in [3.8, 4) is 0 Å². The first kappa shape index (κ1) is 10.3. The summed E-state index contributed by atoms with van der Waals surface area (Å²) in [6, 6.07) is 2.99. The van der Waals surface area contributed by atoms with Gasteiger partial charge < -0.3 is 20.4 Å². The summed E-state index contributed by atoms with van der Waals surface area (Å²) >= 11 is 0. The lowest BCUT2D eigenvalue weighted by Gasteiger charge is -2.17. The van der Waals surface area contributed by atoms with Crippen LogP contribution in [0.25, 0.3) is 0 Å². The largest absolute Gasteiger partial charge is 0.479 e. The molecule has 0 unspecified atom stereocenters. The second-order valence-electron chi connectivity index (χ2n) is 2.84. The van der Waals surface area contributed by atoms with Gasteiger partial charge in [0.1, 0.15) is 5.76 Å². The third-order valence-corrected chi connectivity index (χ3v) is 1.80. The number of hydrogen-bond acceptors (Lipinski definition) is 4. The maximum absolute atomic E-state index is 10.6. The highest BCUT2D eigenvalue weighted by Crippen LogP contribution is 2.12. The molecule has 0 spiro atoms. The molecule has 76 valence electrons. The Morgan fingerprint density at radius 1 is 1.43 bits per heavy atom. The monoisotopic (exact) mass is 199 g/mol. The molecule has 1 heterocycles. The molecular formula is C8H9NO5. The summed E-state index contributed by atoms with van der Waals surface area (Å²) in [4.78, 5) is 21.3. The third-order valence-electron chi connectivity index (χ3n) is 1.80. The smallest absolute Gasteiger partial charge is 0.335 e. The van der Waals surface area contributed by atoms with Gasteiger partial charge in [-0.2, -0.15) is 0 Å². The van der Waals surface area contributed by atoms with Crippen LogP contribution in [0.15, 0.2) is 22.8 Å². The Hall–Kier alpha value is -1.82. The topological polar surface area (TPSA) is 114 Å². The van der Waals surface area contributed by atoms with Crippen LogP contribution in [0.2, 0.25) is 0 Å². The van der Waals surface area contributed by atoms with Gasteiger partial charge in [-0.15, -0.1) is 0 Å². The van der Waals surface area contributed by atoms with Gasteiger partial charge in [-0.25, -0.2) is 9.59 Å². The zero-order valence-corrected chi connectivity index (χ0v) is 7.14. The van der Waals surface area contributed by atoms with Crippen LogP contribution in [-0.2, 0) is 16.0 Å². The Morgan fingerprint density at radius 3 is 2.36 bits per heavy atom. The molecule has 0 amide bonds. The zero-order chi connectivity index (χ0) is 10.8. The van der Waals surface area contributed by atoms with Gasteiger partial charge in [-0.3, -0.25) is 0 Å². The molecule has 0 aliphatic carbocycles. The molecule has 6 nitrogen and oxygen atoms in total. The van der Waals surface area contributed by atoms with Crippen molar-refractivity contribution in [1.82, 2.24) is 0 Å². The van der Waals surface area contributed by atoms with Crippen LogP contribution in [-0.4, -0.2) is 27.7 Å². The Labute approximate surface area is 78.9 Å². The summed E-state index contributed by atoms with van der Waals surface area (Å²) < 4.78 is 4.82. The standard InChI is InChI=1S/C8H9NO5/c9-8(6(10)11,7(12)13)4-5-2-1-3-14-5/h1-3H,4,9H2,(H,10,11)(H,12,13). The van der Waals surface area contributed by atoms with Crippen molar-refractivity contribution >= 4 is 11.9 Å². The van der Waals surface area contributed by atoms with Crippen LogP contribution in [0.4, 0.5) is 0 Å². The van der Waals surface area contributed by atoms with Gasteiger partial charge in [0.25, 0.3) is 0 Å². The second kappa shape index (κ2) is 3.51. The van der Waals surface area contributed by atoms with E-state index in [4.69, 9.17) is 20.4 Å². The van der Waals surface area contributed by atoms with Crippen molar-refractivity contribution in [3.63, 3.8) is 0 Å². The van der Waals surface area contributed by atoms with E-state index in [0.29, 0.717) is 0 Å². The Morgan fingerprint density at radius 2 is 2.00 bits per heavy atom. The molecule has 0 atom stereocenters. The van der Waals surface area contributed by atoms with Gasteiger partial charge in [-0.1, -0.05) is 0 Å². The van der Waals surface area contributed by atoms with Crippen LogP contribution in [0, 0.1) is 0 Å². The molecule has 1 aromatic heterocycles. The molecule has 0 fully saturated rings. The highest BCUT2D eigenvalue weighted by Gasteiger charge is 2.43. The minimum atomic E-state index is -2.34. The van der Waals surface area contributed by atoms with Crippen LogP contribution in [0.3, 0.4) is 0 Å². The highest BCUT2D eigenvalue weighted by molar-refractivity contribution is 6.03. The summed E-state index contributed by atoms with van der Waals surface area (Å²) in [7, 11) is 0. The molecule has 0 aliphatic rings. The molecule has 6 heteroatoms. The summed E-state index contributed by atoms with van der Waals surface area (Å²) in [5, 5.41) is 17.3. The van der Waals surface area contributed by atoms with Gasteiger partial charge in [0.2, 0.25) is 5.54 Å². The fraction of sp³-hybridized carbons (Fsp3) is 0.250. The van der Waals surface area contributed by atoms with Crippen molar-refractivity contribution < 1.29 is 24.2 Å². The number of carboxylic acids is 2. The molecule has 0 radical (unpaired) electrons. The van der Waals surface area contributed by atoms with Gasteiger partial charge in [0.05, 0.1) is 6.26 Å². The number of nitrogens with two attached hydrogens (primary N) is 1. The van der Waals surface area contributed by atoms with Crippen LogP contribution < -0.4 is 5.73 Å². The van der Waals surface area contributed by atoms with E-state index in [9.17, 15) is 9.59 Å². The number of carboxylic acid groups (broad SMARTS) is 2. The minimum absolute atomic E-state index is 0.220. The second-order valence-corrected chi connectivity index (χ2v) is 2.84.